The van der Waals surface area contributed by atoms with Crippen molar-refractivity contribution in [3.8, 4) is 0 Å². The van der Waals surface area contributed by atoms with Crippen molar-refractivity contribution in [3.05, 3.63) is 107 Å². The average Bonchev–Trinajstić information content (AvgIpc) is 3.07. The minimum Gasteiger partial charge on any atom is -0.465 e. The van der Waals surface area contributed by atoms with E-state index in [4.69, 9.17) is 4.74 Å². The molecule has 0 atom stereocenters. The van der Waals surface area contributed by atoms with Crippen molar-refractivity contribution < 1.29 is 14.3 Å². The van der Waals surface area contributed by atoms with Crippen molar-refractivity contribution >= 4 is 45.2 Å². The van der Waals surface area contributed by atoms with E-state index in [1.807, 2.05) is 84.9 Å². The molecular formula is C28H21NO3. The van der Waals surface area contributed by atoms with Gasteiger partial charge in [-0.2, -0.15) is 0 Å². The van der Waals surface area contributed by atoms with Crippen molar-refractivity contribution in [2.45, 2.75) is 6.92 Å². The van der Waals surface area contributed by atoms with Gasteiger partial charge < -0.3 is 4.74 Å². The third-order valence-electron chi connectivity index (χ3n) is 5.92. The van der Waals surface area contributed by atoms with E-state index in [-0.39, 0.29) is 5.91 Å². The SMILES string of the molecule is COC(=O)C1=C(C)N(c2cccc3ccccc23)C(=O)C1=Cc1cccc2ccccc12. The lowest BCUT2D eigenvalue weighted by Crippen LogP contribution is -2.24. The number of methoxy groups -OCH3 is 1. The number of ether oxygens (including phenoxy) is 1. The fourth-order valence-electron chi connectivity index (χ4n) is 4.41. The number of allylic oxidation sites excluding steroid dienone is 1. The molecule has 0 saturated carbocycles. The van der Waals surface area contributed by atoms with Crippen LogP contribution in [0.2, 0.25) is 0 Å². The Morgan fingerprint density at radius 2 is 1.41 bits per heavy atom. The summed E-state index contributed by atoms with van der Waals surface area (Å²) in [5.41, 5.74) is 2.80. The normalized spacial score (nSPS) is 15.2. The molecule has 0 fully saturated rings. The fraction of sp³-hybridized carbons (Fsp3) is 0.0714. The largest absolute Gasteiger partial charge is 0.465 e. The Balaban J connectivity index is 1.73. The first-order valence-corrected chi connectivity index (χ1v) is 10.4. The summed E-state index contributed by atoms with van der Waals surface area (Å²) in [6.45, 7) is 1.79. The van der Waals surface area contributed by atoms with E-state index in [1.165, 1.54) is 7.11 Å². The zero-order valence-electron chi connectivity index (χ0n) is 17.8. The number of carbonyl (C=O) groups excluding carboxylic acids is 2. The predicted molar refractivity (Wildman–Crippen MR) is 128 cm³/mol. The summed E-state index contributed by atoms with van der Waals surface area (Å²) in [5, 5.41) is 4.05. The number of rotatable bonds is 3. The smallest absolute Gasteiger partial charge is 0.340 e. The van der Waals surface area contributed by atoms with Crippen LogP contribution in [0.4, 0.5) is 5.69 Å². The number of benzene rings is 4. The molecule has 0 spiro atoms. The van der Waals surface area contributed by atoms with Crippen molar-refractivity contribution in [3.63, 3.8) is 0 Å². The Morgan fingerprint density at radius 3 is 2.12 bits per heavy atom. The second-order valence-corrected chi connectivity index (χ2v) is 7.72. The summed E-state index contributed by atoms with van der Waals surface area (Å²) in [7, 11) is 1.34. The molecule has 4 nitrogen and oxygen atoms in total. The molecule has 1 amide bonds. The van der Waals surface area contributed by atoms with E-state index in [1.54, 1.807) is 17.9 Å². The molecule has 0 aromatic heterocycles. The summed E-state index contributed by atoms with van der Waals surface area (Å²) < 4.78 is 5.06. The van der Waals surface area contributed by atoms with Crippen LogP contribution in [0.15, 0.2) is 102 Å². The molecule has 4 aromatic carbocycles. The number of anilines is 1. The Kier molecular flexibility index (Phi) is 4.83. The van der Waals surface area contributed by atoms with Crippen LogP contribution in [0.5, 0.6) is 0 Å². The van der Waals surface area contributed by atoms with E-state index >= 15 is 0 Å². The minimum absolute atomic E-state index is 0.243. The maximum absolute atomic E-state index is 13.7. The number of esters is 1. The molecule has 0 unspecified atom stereocenters. The van der Waals surface area contributed by atoms with Gasteiger partial charge in [-0.1, -0.05) is 78.9 Å². The lowest BCUT2D eigenvalue weighted by Gasteiger charge is -2.20. The van der Waals surface area contributed by atoms with Crippen LogP contribution in [0.3, 0.4) is 0 Å². The van der Waals surface area contributed by atoms with Crippen molar-refractivity contribution in [2.75, 3.05) is 12.0 Å². The van der Waals surface area contributed by atoms with Crippen LogP contribution >= 0.6 is 0 Å². The summed E-state index contributed by atoms with van der Waals surface area (Å²) in [5.74, 6) is -0.766. The molecule has 0 saturated heterocycles. The summed E-state index contributed by atoms with van der Waals surface area (Å²) in [4.78, 5) is 28.1. The molecule has 0 aliphatic carbocycles. The lowest BCUT2D eigenvalue weighted by molar-refractivity contribution is -0.136. The molecule has 0 radical (unpaired) electrons. The molecule has 0 bridgehead atoms. The average molecular weight is 419 g/mol. The first-order chi connectivity index (χ1) is 15.6. The van der Waals surface area contributed by atoms with E-state index < -0.39 is 5.97 Å². The molecule has 4 aromatic rings. The first-order valence-electron chi connectivity index (χ1n) is 10.4. The third kappa shape index (κ3) is 3.08. The molecular weight excluding hydrogens is 398 g/mol. The lowest BCUT2D eigenvalue weighted by atomic mass is 9.99. The van der Waals surface area contributed by atoms with Gasteiger partial charge in [0, 0.05) is 11.1 Å². The second kappa shape index (κ2) is 7.82. The topological polar surface area (TPSA) is 46.6 Å². The fourth-order valence-corrected chi connectivity index (χ4v) is 4.41. The summed E-state index contributed by atoms with van der Waals surface area (Å²) in [6, 6.07) is 27.6. The number of fused-ring (bicyclic) bond motifs is 2. The Hall–Kier alpha value is -4.18. The molecule has 5 rings (SSSR count). The van der Waals surface area contributed by atoms with Gasteiger partial charge in [-0.3, -0.25) is 9.69 Å². The van der Waals surface area contributed by atoms with Gasteiger partial charge in [0.15, 0.2) is 0 Å². The molecule has 0 N–H and O–H groups in total. The third-order valence-corrected chi connectivity index (χ3v) is 5.92. The monoisotopic (exact) mass is 419 g/mol. The highest BCUT2D eigenvalue weighted by atomic mass is 16.5. The molecule has 4 heteroatoms. The number of hydrogen-bond donors (Lipinski definition) is 0. The van der Waals surface area contributed by atoms with Gasteiger partial charge in [-0.15, -0.1) is 0 Å². The van der Waals surface area contributed by atoms with Crippen LogP contribution in [0.1, 0.15) is 12.5 Å². The second-order valence-electron chi connectivity index (χ2n) is 7.72. The Morgan fingerprint density at radius 1 is 0.812 bits per heavy atom. The van der Waals surface area contributed by atoms with Gasteiger partial charge in [0.2, 0.25) is 0 Å². The maximum Gasteiger partial charge on any atom is 0.340 e. The zero-order valence-corrected chi connectivity index (χ0v) is 17.8. The summed E-state index contributed by atoms with van der Waals surface area (Å²) in [6.07, 6.45) is 1.80. The molecule has 1 aliphatic rings. The van der Waals surface area contributed by atoms with Gasteiger partial charge in [0.25, 0.3) is 5.91 Å². The van der Waals surface area contributed by atoms with Crippen LogP contribution in [0, 0.1) is 0 Å². The number of carbonyl (C=O) groups is 2. The molecule has 1 heterocycles. The van der Waals surface area contributed by atoms with E-state index in [9.17, 15) is 9.59 Å². The van der Waals surface area contributed by atoms with Crippen molar-refractivity contribution in [2.24, 2.45) is 0 Å². The maximum atomic E-state index is 13.7. The first kappa shape index (κ1) is 19.8. The van der Waals surface area contributed by atoms with E-state index in [0.717, 1.165) is 32.8 Å². The van der Waals surface area contributed by atoms with Gasteiger partial charge in [-0.25, -0.2) is 4.79 Å². The summed E-state index contributed by atoms with van der Waals surface area (Å²) >= 11 is 0. The number of amides is 1. The van der Waals surface area contributed by atoms with Crippen LogP contribution in [-0.4, -0.2) is 19.0 Å². The highest BCUT2D eigenvalue weighted by Gasteiger charge is 2.38. The molecule has 1 aliphatic heterocycles. The van der Waals surface area contributed by atoms with E-state index in [2.05, 4.69) is 0 Å². The standard InChI is InChI=1S/C28H21NO3/c1-18-26(28(31)32-2)24(17-21-13-7-11-19-9-3-5-14-22(19)21)27(30)29(18)25-16-8-12-20-10-4-6-15-23(20)25/h3-17H,1-2H3. The number of hydrogen-bond acceptors (Lipinski definition) is 3. The van der Waals surface area contributed by atoms with Gasteiger partial charge in [-0.05, 0) is 40.8 Å². The van der Waals surface area contributed by atoms with Gasteiger partial charge >= 0.3 is 5.97 Å². The number of nitrogens with zero attached hydrogens (tertiary/aromatic N) is 1. The molecule has 32 heavy (non-hydrogen) atoms. The van der Waals surface area contributed by atoms with Gasteiger partial charge in [0.05, 0.1) is 23.9 Å². The Bertz CT molecular complexity index is 1450. The van der Waals surface area contributed by atoms with Crippen LogP contribution in [-0.2, 0) is 14.3 Å². The van der Waals surface area contributed by atoms with Crippen LogP contribution < -0.4 is 4.90 Å². The minimum atomic E-state index is -0.523. The van der Waals surface area contributed by atoms with E-state index in [0.29, 0.717) is 16.8 Å². The van der Waals surface area contributed by atoms with Crippen molar-refractivity contribution in [1.29, 1.82) is 0 Å². The van der Waals surface area contributed by atoms with Gasteiger partial charge in [0.1, 0.15) is 0 Å². The molecule has 156 valence electrons. The predicted octanol–water partition coefficient (Wildman–Crippen LogP) is 5.87. The Labute approximate surface area is 186 Å². The highest BCUT2D eigenvalue weighted by molar-refractivity contribution is 6.25. The zero-order chi connectivity index (χ0) is 22.2. The van der Waals surface area contributed by atoms with Crippen molar-refractivity contribution in [1.82, 2.24) is 0 Å². The quantitative estimate of drug-likeness (QED) is 0.308. The highest BCUT2D eigenvalue weighted by Crippen LogP contribution is 2.39. The van der Waals surface area contributed by atoms with Crippen LogP contribution in [0.25, 0.3) is 27.6 Å².